The summed E-state index contributed by atoms with van der Waals surface area (Å²) in [4.78, 5) is 2.59. The summed E-state index contributed by atoms with van der Waals surface area (Å²) in [6.45, 7) is 0.171. The van der Waals surface area contributed by atoms with E-state index in [1.807, 2.05) is 0 Å². The Labute approximate surface area is 98.1 Å². The fourth-order valence-electron chi connectivity index (χ4n) is 1.26. The second kappa shape index (κ2) is 6.40. The van der Waals surface area contributed by atoms with Crippen LogP contribution in [-0.2, 0) is 0 Å². The second-order valence-corrected chi connectivity index (χ2v) is 3.04. The fourth-order valence-corrected chi connectivity index (χ4v) is 1.26. The van der Waals surface area contributed by atoms with Crippen molar-refractivity contribution in [3.05, 3.63) is 40.0 Å². The van der Waals surface area contributed by atoms with Crippen LogP contribution in [0.2, 0.25) is 0 Å². The van der Waals surface area contributed by atoms with E-state index in [9.17, 15) is 4.39 Å². The Balaban J connectivity index is 3.00. The number of halogens is 1. The highest BCUT2D eigenvalue weighted by Gasteiger charge is 2.08. The van der Waals surface area contributed by atoms with Gasteiger partial charge >= 0.3 is 0 Å². The minimum absolute atomic E-state index is 0.171. The molecule has 0 heterocycles. The largest absolute Gasteiger partial charge is 0.493 e. The van der Waals surface area contributed by atoms with E-state index in [4.69, 9.17) is 15.0 Å². The van der Waals surface area contributed by atoms with Crippen molar-refractivity contribution in [3.8, 4) is 11.5 Å². The van der Waals surface area contributed by atoms with Crippen molar-refractivity contribution < 1.29 is 13.9 Å². The summed E-state index contributed by atoms with van der Waals surface area (Å²) in [5, 5.41) is 3.31. The summed E-state index contributed by atoms with van der Waals surface area (Å²) in [5.41, 5.74) is 8.43. The normalized spacial score (nSPS) is 10.1. The van der Waals surface area contributed by atoms with Gasteiger partial charge in [-0.2, -0.15) is 0 Å². The number of ether oxygens (including phenoxy) is 2. The Morgan fingerprint density at radius 1 is 1.35 bits per heavy atom. The average molecular weight is 237 g/mol. The molecule has 0 N–H and O–H groups in total. The molecule has 0 atom stereocenters. The van der Waals surface area contributed by atoms with Gasteiger partial charge in [0.05, 0.1) is 14.2 Å². The Kier molecular flexibility index (Phi) is 4.84. The third kappa shape index (κ3) is 3.39. The molecule has 1 aromatic carbocycles. The van der Waals surface area contributed by atoms with Gasteiger partial charge in [-0.15, -0.1) is 0 Å². The summed E-state index contributed by atoms with van der Waals surface area (Å²) in [6, 6.07) is 2.76. The van der Waals surface area contributed by atoms with Crippen molar-refractivity contribution in [2.45, 2.75) is 0 Å². The third-order valence-corrected chi connectivity index (χ3v) is 2.05. The minimum Gasteiger partial charge on any atom is -0.493 e. The summed E-state index contributed by atoms with van der Waals surface area (Å²) in [5.74, 6) is 0.342. The van der Waals surface area contributed by atoms with Crippen LogP contribution in [0.25, 0.3) is 16.5 Å². The lowest BCUT2D eigenvalue weighted by Crippen LogP contribution is -1.93. The van der Waals surface area contributed by atoms with E-state index < -0.39 is 5.82 Å². The van der Waals surface area contributed by atoms with Crippen LogP contribution in [0.3, 0.4) is 0 Å². The van der Waals surface area contributed by atoms with Crippen LogP contribution < -0.4 is 9.47 Å². The summed E-state index contributed by atoms with van der Waals surface area (Å²) in [7, 11) is 2.91. The SMILES string of the molecule is COc1cc(F)c(C=CCN=[N+]=[N-])cc1OC. The lowest BCUT2D eigenvalue weighted by Gasteiger charge is -2.08. The molecule has 6 heteroatoms. The van der Waals surface area contributed by atoms with Crippen LogP contribution in [0.5, 0.6) is 11.5 Å². The van der Waals surface area contributed by atoms with Gasteiger partial charge in [-0.25, -0.2) is 4.39 Å². The molecular formula is C11H12FN3O2. The molecule has 0 aliphatic rings. The van der Waals surface area contributed by atoms with E-state index in [0.29, 0.717) is 17.1 Å². The predicted molar refractivity (Wildman–Crippen MR) is 62.6 cm³/mol. The van der Waals surface area contributed by atoms with Crippen molar-refractivity contribution in [2.24, 2.45) is 5.11 Å². The predicted octanol–water partition coefficient (Wildman–Crippen LogP) is 3.17. The van der Waals surface area contributed by atoms with Gasteiger partial charge in [0.2, 0.25) is 0 Å². The summed E-state index contributed by atoms with van der Waals surface area (Å²) >= 11 is 0. The van der Waals surface area contributed by atoms with Gasteiger partial charge in [0.15, 0.2) is 11.5 Å². The second-order valence-electron chi connectivity index (χ2n) is 3.04. The number of nitrogens with zero attached hydrogens (tertiary/aromatic N) is 3. The van der Waals surface area contributed by atoms with E-state index in [2.05, 4.69) is 10.0 Å². The number of hydrogen-bond donors (Lipinski definition) is 0. The van der Waals surface area contributed by atoms with Crippen LogP contribution in [0, 0.1) is 5.82 Å². The molecule has 0 bridgehead atoms. The smallest absolute Gasteiger partial charge is 0.163 e. The third-order valence-electron chi connectivity index (χ3n) is 2.05. The van der Waals surface area contributed by atoms with Crippen LogP contribution in [-0.4, -0.2) is 20.8 Å². The number of benzene rings is 1. The zero-order valence-electron chi connectivity index (χ0n) is 9.55. The van der Waals surface area contributed by atoms with Crippen LogP contribution in [0.15, 0.2) is 23.3 Å². The molecule has 0 radical (unpaired) electrons. The topological polar surface area (TPSA) is 67.2 Å². The molecule has 0 aliphatic heterocycles. The molecule has 1 rings (SSSR count). The van der Waals surface area contributed by atoms with Gasteiger partial charge in [-0.1, -0.05) is 17.3 Å². The van der Waals surface area contributed by atoms with Gasteiger partial charge in [-0.05, 0) is 11.6 Å². The first-order valence-electron chi connectivity index (χ1n) is 4.81. The minimum atomic E-state index is -0.431. The molecule has 0 fully saturated rings. The van der Waals surface area contributed by atoms with Crippen LogP contribution >= 0.6 is 0 Å². The molecule has 0 aliphatic carbocycles. The Bertz CT molecular complexity index is 468. The lowest BCUT2D eigenvalue weighted by atomic mass is 10.1. The molecule has 1 aromatic rings. The van der Waals surface area contributed by atoms with E-state index in [0.717, 1.165) is 0 Å². The monoisotopic (exact) mass is 237 g/mol. The Morgan fingerprint density at radius 2 is 2.00 bits per heavy atom. The maximum atomic E-state index is 13.6. The average Bonchev–Trinajstić information content (AvgIpc) is 2.35. The maximum absolute atomic E-state index is 13.6. The Hall–Kier alpha value is -2.20. The summed E-state index contributed by atoms with van der Waals surface area (Å²) in [6.07, 6.45) is 3.08. The number of rotatable bonds is 5. The number of methoxy groups -OCH3 is 2. The molecule has 0 saturated carbocycles. The molecule has 0 saturated heterocycles. The molecule has 0 amide bonds. The molecule has 0 aromatic heterocycles. The van der Waals surface area contributed by atoms with Crippen molar-refractivity contribution >= 4 is 6.08 Å². The van der Waals surface area contributed by atoms with Gasteiger partial charge in [0, 0.05) is 23.1 Å². The quantitative estimate of drug-likeness (QED) is 0.448. The molecule has 90 valence electrons. The van der Waals surface area contributed by atoms with Gasteiger partial charge in [-0.3, -0.25) is 0 Å². The first kappa shape index (κ1) is 12.9. The first-order valence-corrected chi connectivity index (χ1v) is 4.81. The zero-order valence-corrected chi connectivity index (χ0v) is 9.55. The van der Waals surface area contributed by atoms with E-state index >= 15 is 0 Å². The lowest BCUT2D eigenvalue weighted by molar-refractivity contribution is 0.352. The molecule has 0 unspecified atom stereocenters. The van der Waals surface area contributed by atoms with Crippen molar-refractivity contribution in [1.82, 2.24) is 0 Å². The standard InChI is InChI=1S/C11H12FN3O2/c1-16-10-6-8(4-3-5-14-15-13)9(12)7-11(10)17-2/h3-4,6-7H,5H2,1-2H3. The number of azide groups is 1. The zero-order chi connectivity index (χ0) is 12.7. The van der Waals surface area contributed by atoms with Gasteiger partial charge in [0.25, 0.3) is 0 Å². The van der Waals surface area contributed by atoms with Crippen molar-refractivity contribution in [3.63, 3.8) is 0 Å². The van der Waals surface area contributed by atoms with Gasteiger partial charge in [0.1, 0.15) is 5.82 Å². The van der Waals surface area contributed by atoms with Crippen LogP contribution in [0.4, 0.5) is 4.39 Å². The molecule has 0 spiro atoms. The Morgan fingerprint density at radius 3 is 2.59 bits per heavy atom. The molecular weight excluding hydrogens is 225 g/mol. The summed E-state index contributed by atoms with van der Waals surface area (Å²) < 4.78 is 23.6. The van der Waals surface area contributed by atoms with Crippen molar-refractivity contribution in [1.29, 1.82) is 0 Å². The van der Waals surface area contributed by atoms with Crippen LogP contribution in [0.1, 0.15) is 5.56 Å². The van der Waals surface area contributed by atoms with E-state index in [-0.39, 0.29) is 6.54 Å². The molecule has 5 nitrogen and oxygen atoms in total. The highest BCUT2D eigenvalue weighted by atomic mass is 19.1. The van der Waals surface area contributed by atoms with E-state index in [1.54, 1.807) is 6.08 Å². The first-order chi connectivity index (χ1) is 8.22. The maximum Gasteiger partial charge on any atom is 0.163 e. The van der Waals surface area contributed by atoms with Crippen molar-refractivity contribution in [2.75, 3.05) is 20.8 Å². The highest BCUT2D eigenvalue weighted by Crippen LogP contribution is 2.30. The van der Waals surface area contributed by atoms with Gasteiger partial charge < -0.3 is 9.47 Å². The fraction of sp³-hybridized carbons (Fsp3) is 0.273. The molecule has 17 heavy (non-hydrogen) atoms. The van der Waals surface area contributed by atoms with E-state index in [1.165, 1.54) is 32.4 Å². The highest BCUT2D eigenvalue weighted by molar-refractivity contribution is 5.56. The number of hydrogen-bond acceptors (Lipinski definition) is 3.